The molecule has 0 saturated carbocycles. The Morgan fingerprint density at radius 2 is 2.09 bits per heavy atom. The summed E-state index contributed by atoms with van der Waals surface area (Å²) in [7, 11) is 0. The fourth-order valence-electron chi connectivity index (χ4n) is 0.953. The maximum Gasteiger partial charge on any atom is 2.00 e. The first-order valence-corrected chi connectivity index (χ1v) is 3.95. The summed E-state index contributed by atoms with van der Waals surface area (Å²) in [6.45, 7) is 4.00. The predicted molar refractivity (Wildman–Crippen MR) is 48.9 cm³/mol. The van der Waals surface area contributed by atoms with Crippen molar-refractivity contribution in [1.82, 2.24) is 0 Å². The van der Waals surface area contributed by atoms with Crippen LogP contribution in [0.2, 0.25) is 0 Å². The van der Waals surface area contributed by atoms with Gasteiger partial charge in [0.2, 0.25) is 0 Å². The Balaban J connectivity index is -0.000000135. The van der Waals surface area contributed by atoms with E-state index >= 15 is 0 Å². The van der Waals surface area contributed by atoms with Crippen LogP contribution in [0.4, 0.5) is 0 Å². The molecule has 3 heteroatoms. The topological polar surface area (TPSA) is 37.3 Å². The third kappa shape index (κ3) is 7.40. The Hall–Kier alpha value is 1.04. The molecule has 11 heavy (non-hydrogen) atoms. The quantitative estimate of drug-likeness (QED) is 0.785. The summed E-state index contributed by atoms with van der Waals surface area (Å²) in [6.07, 6.45) is 3.71. The minimum Gasteiger partial charge on any atom is -1.00 e. The minimum atomic E-state index is -0.643. The molecule has 0 aliphatic carbocycles. The van der Waals surface area contributed by atoms with Gasteiger partial charge in [-0.1, -0.05) is 26.7 Å². The van der Waals surface area contributed by atoms with Crippen molar-refractivity contribution in [2.75, 3.05) is 0 Å². The number of rotatable bonds is 5. The van der Waals surface area contributed by atoms with Crippen LogP contribution in [-0.4, -0.2) is 60.0 Å². The molecule has 0 aromatic heterocycles. The first-order chi connectivity index (χ1) is 4.72. The molecule has 0 spiro atoms. The van der Waals surface area contributed by atoms with Crippen molar-refractivity contribution in [1.29, 1.82) is 0 Å². The van der Waals surface area contributed by atoms with Crippen LogP contribution in [0.3, 0.4) is 0 Å². The summed E-state index contributed by atoms with van der Waals surface area (Å²) >= 11 is 0. The molecule has 0 heterocycles. The Labute approximate surface area is 112 Å². The number of aliphatic carboxylic acids is 1. The van der Waals surface area contributed by atoms with Gasteiger partial charge in [-0.15, -0.1) is 0 Å². The van der Waals surface area contributed by atoms with Gasteiger partial charge in [-0.2, -0.15) is 0 Å². The van der Waals surface area contributed by atoms with Crippen molar-refractivity contribution in [3.05, 3.63) is 0 Å². The van der Waals surface area contributed by atoms with Crippen LogP contribution < -0.4 is 0 Å². The van der Waals surface area contributed by atoms with Gasteiger partial charge in [0.1, 0.15) is 0 Å². The van der Waals surface area contributed by atoms with E-state index in [1.54, 1.807) is 0 Å². The van der Waals surface area contributed by atoms with E-state index in [9.17, 15) is 4.79 Å². The fourth-order valence-corrected chi connectivity index (χ4v) is 0.953. The van der Waals surface area contributed by atoms with E-state index in [1.165, 1.54) is 0 Å². The molecule has 64 valence electrons. The Kier molecular flexibility index (Phi) is 12.1. The molecule has 1 N–H and O–H groups in total. The Morgan fingerprint density at radius 1 is 1.55 bits per heavy atom. The molecule has 0 saturated heterocycles. The van der Waals surface area contributed by atoms with Gasteiger partial charge in [0.05, 0.1) is 5.92 Å². The van der Waals surface area contributed by atoms with Gasteiger partial charge >= 0.3 is 54.9 Å². The van der Waals surface area contributed by atoms with Crippen molar-refractivity contribution in [3.8, 4) is 0 Å². The zero-order valence-electron chi connectivity index (χ0n) is 9.47. The Bertz CT molecular complexity index is 112. The Morgan fingerprint density at radius 3 is 2.36 bits per heavy atom. The fraction of sp³-hybridized carbons (Fsp3) is 0.875. The number of hydrogen-bond acceptors (Lipinski definition) is 1. The van der Waals surface area contributed by atoms with E-state index in [4.69, 9.17) is 5.11 Å². The normalized spacial score (nSPS) is 11.8. The van der Waals surface area contributed by atoms with Crippen LogP contribution in [0.1, 0.15) is 42.4 Å². The van der Waals surface area contributed by atoms with E-state index in [1.807, 2.05) is 6.92 Å². The standard InChI is InChI=1S/C8H16O2.Ba.2H/c1-3-5-6-7(4-2)8(9)10;;;/h7H,3-6H2,1-2H3,(H,9,10);;;/q;+2;2*-1. The van der Waals surface area contributed by atoms with E-state index in [0.29, 0.717) is 0 Å². The molecular weight excluding hydrogens is 265 g/mol. The average Bonchev–Trinajstić information content (AvgIpc) is 1.89. The molecule has 2 nitrogen and oxygen atoms in total. The van der Waals surface area contributed by atoms with Crippen molar-refractivity contribution in [2.45, 2.75) is 39.5 Å². The molecule has 0 aliphatic rings. The van der Waals surface area contributed by atoms with Crippen molar-refractivity contribution in [2.24, 2.45) is 5.92 Å². The van der Waals surface area contributed by atoms with E-state index in [2.05, 4.69) is 6.92 Å². The van der Waals surface area contributed by atoms with E-state index < -0.39 is 5.97 Å². The van der Waals surface area contributed by atoms with Gasteiger partial charge in [0, 0.05) is 0 Å². The maximum atomic E-state index is 10.4. The second kappa shape index (κ2) is 9.13. The number of carbonyl (C=O) groups is 1. The molecule has 0 fully saturated rings. The van der Waals surface area contributed by atoms with Crippen molar-refractivity contribution in [3.63, 3.8) is 0 Å². The molecule has 0 aromatic rings. The third-order valence-electron chi connectivity index (χ3n) is 1.75. The van der Waals surface area contributed by atoms with Gasteiger partial charge in [0.15, 0.2) is 0 Å². The van der Waals surface area contributed by atoms with E-state index in [0.717, 1.165) is 25.7 Å². The summed E-state index contributed by atoms with van der Waals surface area (Å²) < 4.78 is 0. The van der Waals surface area contributed by atoms with Crippen LogP contribution in [0, 0.1) is 5.92 Å². The summed E-state index contributed by atoms with van der Waals surface area (Å²) in [6, 6.07) is 0. The monoisotopic (exact) mass is 284 g/mol. The number of hydrogen-bond donors (Lipinski definition) is 1. The maximum absolute atomic E-state index is 10.4. The average molecular weight is 284 g/mol. The summed E-state index contributed by atoms with van der Waals surface area (Å²) in [5.74, 6) is -0.754. The number of carboxylic acid groups (broad SMARTS) is 1. The SMILES string of the molecule is CCCCC(CC)C(=O)O.[Ba+2].[H-].[H-]. The van der Waals surface area contributed by atoms with Crippen LogP contribution >= 0.6 is 0 Å². The van der Waals surface area contributed by atoms with Crippen LogP contribution in [0.25, 0.3) is 0 Å². The summed E-state index contributed by atoms with van der Waals surface area (Å²) in [5.41, 5.74) is 0. The summed E-state index contributed by atoms with van der Waals surface area (Å²) in [5, 5.41) is 8.60. The van der Waals surface area contributed by atoms with Gasteiger partial charge in [-0.3, -0.25) is 4.79 Å². The molecule has 0 aliphatic heterocycles. The zero-order chi connectivity index (χ0) is 7.98. The van der Waals surface area contributed by atoms with Gasteiger partial charge in [-0.05, 0) is 12.8 Å². The molecule has 1 unspecified atom stereocenters. The zero-order valence-corrected chi connectivity index (χ0v) is 11.9. The smallest absolute Gasteiger partial charge is 1.00 e. The molecule has 0 bridgehead atoms. The molecule has 0 aromatic carbocycles. The van der Waals surface area contributed by atoms with Crippen LogP contribution in [-0.2, 0) is 4.79 Å². The van der Waals surface area contributed by atoms with Crippen LogP contribution in [0.15, 0.2) is 0 Å². The molecule has 0 rings (SSSR count). The second-order valence-corrected chi connectivity index (χ2v) is 2.59. The second-order valence-electron chi connectivity index (χ2n) is 2.59. The number of unbranched alkanes of at least 4 members (excludes halogenated alkanes) is 1. The first kappa shape index (κ1) is 14.6. The molecule has 0 amide bonds. The van der Waals surface area contributed by atoms with Crippen molar-refractivity contribution >= 4 is 54.9 Å². The minimum absolute atomic E-state index is 0. The van der Waals surface area contributed by atoms with Gasteiger partial charge < -0.3 is 7.96 Å². The van der Waals surface area contributed by atoms with Gasteiger partial charge in [-0.25, -0.2) is 0 Å². The largest absolute Gasteiger partial charge is 2.00 e. The molecule has 1 atom stereocenters. The summed E-state index contributed by atoms with van der Waals surface area (Å²) in [4.78, 5) is 10.4. The van der Waals surface area contributed by atoms with E-state index in [-0.39, 0.29) is 57.7 Å². The third-order valence-corrected chi connectivity index (χ3v) is 1.75. The molecular formula is C8H18BaO2. The predicted octanol–water partition coefficient (Wildman–Crippen LogP) is 2.13. The van der Waals surface area contributed by atoms with Gasteiger partial charge in [0.25, 0.3) is 0 Å². The first-order valence-electron chi connectivity index (χ1n) is 3.95. The molecule has 0 radical (unpaired) electrons. The number of carboxylic acids is 1. The van der Waals surface area contributed by atoms with Crippen LogP contribution in [0.5, 0.6) is 0 Å². The van der Waals surface area contributed by atoms with Crippen molar-refractivity contribution < 1.29 is 12.8 Å².